The van der Waals surface area contributed by atoms with Gasteiger partial charge >= 0.3 is 5.97 Å². The number of carbonyl (C=O) groups excluding carboxylic acids is 1. The van der Waals surface area contributed by atoms with Crippen LogP contribution >= 0.6 is 0 Å². The van der Waals surface area contributed by atoms with E-state index in [1.807, 2.05) is 52.0 Å². The average molecular weight is 474 g/mol. The fraction of sp³-hybridized carbons (Fsp3) is 0.310. The average Bonchev–Trinajstić information content (AvgIpc) is 2.82. The minimum Gasteiger partial charge on any atom is -0.493 e. The van der Waals surface area contributed by atoms with Crippen LogP contribution in [0.1, 0.15) is 60.3 Å². The van der Waals surface area contributed by atoms with Crippen molar-refractivity contribution in [2.75, 3.05) is 11.9 Å². The molecule has 1 aliphatic rings. The first-order chi connectivity index (χ1) is 16.6. The van der Waals surface area contributed by atoms with Gasteiger partial charge in [0.05, 0.1) is 12.2 Å². The Labute approximate surface area is 205 Å². The van der Waals surface area contributed by atoms with Crippen molar-refractivity contribution in [1.82, 2.24) is 0 Å². The maximum atomic E-state index is 12.8. The van der Waals surface area contributed by atoms with E-state index >= 15 is 0 Å². The summed E-state index contributed by atoms with van der Waals surface area (Å²) >= 11 is 0. The molecule has 0 bridgehead atoms. The number of anilines is 1. The van der Waals surface area contributed by atoms with Crippen molar-refractivity contribution in [3.63, 3.8) is 0 Å². The van der Waals surface area contributed by atoms with E-state index in [4.69, 9.17) is 9.47 Å². The molecule has 1 heterocycles. The Kier molecular flexibility index (Phi) is 6.94. The number of benzene rings is 3. The van der Waals surface area contributed by atoms with Gasteiger partial charge in [-0.2, -0.15) is 0 Å². The minimum atomic E-state index is -1.22. The van der Waals surface area contributed by atoms with Crippen LogP contribution in [-0.2, 0) is 16.0 Å². The molecule has 0 fully saturated rings. The van der Waals surface area contributed by atoms with Crippen LogP contribution in [0, 0.1) is 6.92 Å². The van der Waals surface area contributed by atoms with Gasteiger partial charge in [0.25, 0.3) is 5.91 Å². The maximum absolute atomic E-state index is 12.8. The van der Waals surface area contributed by atoms with Gasteiger partial charge in [-0.25, -0.2) is 4.79 Å². The first-order valence-corrected chi connectivity index (χ1v) is 11.8. The molecule has 1 unspecified atom stereocenters. The van der Waals surface area contributed by atoms with E-state index < -0.39 is 17.7 Å². The Morgan fingerprint density at radius 2 is 1.80 bits per heavy atom. The number of aliphatic carboxylic acids is 1. The number of hydrogen-bond donors (Lipinski definition) is 2. The van der Waals surface area contributed by atoms with Crippen LogP contribution in [0.2, 0.25) is 0 Å². The molecule has 1 aliphatic heterocycles. The van der Waals surface area contributed by atoms with E-state index in [9.17, 15) is 14.7 Å². The molecule has 0 radical (unpaired) electrons. The molecule has 182 valence electrons. The maximum Gasteiger partial charge on any atom is 0.337 e. The standard InChI is InChI=1S/C29H31NO5/c1-18-15-22(30-27(31)19-9-6-5-7-10-19)17-23(26(28(32)33)35-29(2,3)4)25(18)21-12-13-24-20(16-21)11-8-14-34-24/h5-7,9-10,12-13,15-17,26H,8,11,14H2,1-4H3,(H,30,31)(H,32,33). The van der Waals surface area contributed by atoms with E-state index in [1.165, 1.54) is 0 Å². The first-order valence-electron chi connectivity index (χ1n) is 11.8. The summed E-state index contributed by atoms with van der Waals surface area (Å²) < 4.78 is 11.8. The van der Waals surface area contributed by atoms with Crippen molar-refractivity contribution in [3.05, 3.63) is 82.9 Å². The fourth-order valence-corrected chi connectivity index (χ4v) is 4.40. The van der Waals surface area contributed by atoms with E-state index in [2.05, 4.69) is 11.4 Å². The van der Waals surface area contributed by atoms with Gasteiger partial charge < -0.3 is 19.9 Å². The summed E-state index contributed by atoms with van der Waals surface area (Å²) in [6.45, 7) is 8.10. The summed E-state index contributed by atoms with van der Waals surface area (Å²) in [5.41, 5.74) is 4.45. The van der Waals surface area contributed by atoms with E-state index in [-0.39, 0.29) is 5.91 Å². The Morgan fingerprint density at radius 3 is 2.49 bits per heavy atom. The third kappa shape index (κ3) is 5.72. The molecule has 2 N–H and O–H groups in total. The van der Waals surface area contributed by atoms with Crippen LogP contribution in [0.15, 0.2) is 60.7 Å². The summed E-state index contributed by atoms with van der Waals surface area (Å²) in [6.07, 6.45) is 0.630. The zero-order chi connectivity index (χ0) is 25.2. The summed E-state index contributed by atoms with van der Waals surface area (Å²) in [7, 11) is 0. The molecule has 4 rings (SSSR count). The fourth-order valence-electron chi connectivity index (χ4n) is 4.40. The van der Waals surface area contributed by atoms with Crippen molar-refractivity contribution < 1.29 is 24.2 Å². The second-order valence-electron chi connectivity index (χ2n) is 9.80. The van der Waals surface area contributed by atoms with Crippen molar-refractivity contribution in [2.45, 2.75) is 52.2 Å². The van der Waals surface area contributed by atoms with Gasteiger partial charge in [0.2, 0.25) is 0 Å². The second kappa shape index (κ2) is 9.92. The molecule has 6 heteroatoms. The number of carboxylic acid groups (broad SMARTS) is 1. The number of amides is 1. The highest BCUT2D eigenvalue weighted by molar-refractivity contribution is 6.04. The summed E-state index contributed by atoms with van der Waals surface area (Å²) in [5, 5.41) is 13.1. The summed E-state index contributed by atoms with van der Waals surface area (Å²) in [5.74, 6) is -0.488. The van der Waals surface area contributed by atoms with Gasteiger partial charge in [-0.15, -0.1) is 0 Å². The van der Waals surface area contributed by atoms with Crippen LogP contribution in [0.4, 0.5) is 5.69 Å². The normalized spacial score (nSPS) is 13.9. The molecule has 35 heavy (non-hydrogen) atoms. The largest absolute Gasteiger partial charge is 0.493 e. The molecule has 0 aliphatic carbocycles. The van der Waals surface area contributed by atoms with Crippen molar-refractivity contribution >= 4 is 17.6 Å². The molecular weight excluding hydrogens is 442 g/mol. The molecule has 3 aromatic rings. The number of carbonyl (C=O) groups is 2. The number of nitrogens with one attached hydrogen (secondary N) is 1. The van der Waals surface area contributed by atoms with Crippen molar-refractivity contribution in [1.29, 1.82) is 0 Å². The molecule has 0 saturated heterocycles. The topological polar surface area (TPSA) is 84.9 Å². The lowest BCUT2D eigenvalue weighted by atomic mass is 9.89. The highest BCUT2D eigenvalue weighted by Gasteiger charge is 2.30. The summed E-state index contributed by atoms with van der Waals surface area (Å²) in [4.78, 5) is 25.2. The Morgan fingerprint density at radius 1 is 1.06 bits per heavy atom. The highest BCUT2D eigenvalue weighted by atomic mass is 16.5. The zero-order valence-corrected chi connectivity index (χ0v) is 20.6. The van der Waals surface area contributed by atoms with E-state index in [0.29, 0.717) is 23.4 Å². The number of fused-ring (bicyclic) bond motifs is 1. The Balaban J connectivity index is 1.83. The molecule has 3 aromatic carbocycles. The number of ether oxygens (including phenoxy) is 2. The van der Waals surface area contributed by atoms with Gasteiger partial charge in [-0.05, 0) is 99.2 Å². The second-order valence-corrected chi connectivity index (χ2v) is 9.80. The van der Waals surface area contributed by atoms with Gasteiger partial charge in [-0.1, -0.05) is 24.3 Å². The van der Waals surface area contributed by atoms with Crippen LogP contribution < -0.4 is 10.1 Å². The Bertz CT molecular complexity index is 1240. The number of rotatable bonds is 6. The van der Waals surface area contributed by atoms with Gasteiger partial charge in [-0.3, -0.25) is 4.79 Å². The number of carboxylic acids is 1. The molecule has 0 aromatic heterocycles. The van der Waals surface area contributed by atoms with Gasteiger partial charge in [0, 0.05) is 16.8 Å². The third-order valence-corrected chi connectivity index (χ3v) is 5.84. The highest BCUT2D eigenvalue weighted by Crippen LogP contribution is 2.39. The SMILES string of the molecule is Cc1cc(NC(=O)c2ccccc2)cc(C(OC(C)(C)C)C(=O)O)c1-c1ccc2c(c1)CCCO2. The lowest BCUT2D eigenvalue weighted by Crippen LogP contribution is -2.28. The quantitative estimate of drug-likeness (QED) is 0.447. The molecule has 1 atom stereocenters. The van der Waals surface area contributed by atoms with Crippen LogP contribution in [0.25, 0.3) is 11.1 Å². The van der Waals surface area contributed by atoms with Crippen LogP contribution in [0.5, 0.6) is 5.75 Å². The van der Waals surface area contributed by atoms with Crippen LogP contribution in [-0.4, -0.2) is 29.2 Å². The van der Waals surface area contributed by atoms with Gasteiger partial charge in [0.1, 0.15) is 5.75 Å². The van der Waals surface area contributed by atoms with Gasteiger partial charge in [0.15, 0.2) is 6.10 Å². The molecular formula is C29H31NO5. The smallest absolute Gasteiger partial charge is 0.337 e. The minimum absolute atomic E-state index is 0.266. The lowest BCUT2D eigenvalue weighted by molar-refractivity contribution is -0.160. The third-order valence-electron chi connectivity index (χ3n) is 5.84. The van der Waals surface area contributed by atoms with Crippen molar-refractivity contribution in [3.8, 4) is 16.9 Å². The van der Waals surface area contributed by atoms with E-state index in [0.717, 1.165) is 40.8 Å². The lowest BCUT2D eigenvalue weighted by Gasteiger charge is -2.28. The van der Waals surface area contributed by atoms with Crippen LogP contribution in [0.3, 0.4) is 0 Å². The predicted octanol–water partition coefficient (Wildman–Crippen LogP) is 6.18. The molecule has 1 amide bonds. The number of hydrogen-bond acceptors (Lipinski definition) is 4. The zero-order valence-electron chi connectivity index (χ0n) is 20.6. The molecule has 0 spiro atoms. The summed E-state index contributed by atoms with van der Waals surface area (Å²) in [6, 6.07) is 18.4. The van der Waals surface area contributed by atoms with Crippen molar-refractivity contribution in [2.24, 2.45) is 0 Å². The van der Waals surface area contributed by atoms with E-state index in [1.54, 1.807) is 30.3 Å². The monoisotopic (exact) mass is 473 g/mol. The Hall–Kier alpha value is -3.64. The first kappa shape index (κ1) is 24.5. The predicted molar refractivity (Wildman–Crippen MR) is 136 cm³/mol. The number of aryl methyl sites for hydroxylation is 2. The molecule has 6 nitrogen and oxygen atoms in total. The molecule has 0 saturated carbocycles.